The second kappa shape index (κ2) is 10.9. The van der Waals surface area contributed by atoms with Gasteiger partial charge in [-0.05, 0) is 72.0 Å². The Labute approximate surface area is 207 Å². The predicted octanol–water partition coefficient (Wildman–Crippen LogP) is 0.653. The standard InChI is InChI=1S/C27H29NO4.Li/c1-31-24-11-7-22(8-12-24)27(23-9-13-25(32-2)14-10-23)15-4-16-28(19-27)18-20-5-3-6-21(17-20)26(29)30;/h3,5-14,17H,4,15-16,18-19H2,1-2H3,(H,29,30);/q;+1/p-1. The fraction of sp³-hybridized carbons (Fsp3) is 0.296. The van der Waals surface area contributed by atoms with Crippen molar-refractivity contribution in [1.29, 1.82) is 0 Å². The van der Waals surface area contributed by atoms with E-state index in [1.54, 1.807) is 32.4 Å². The molecule has 0 bridgehead atoms. The van der Waals surface area contributed by atoms with E-state index in [0.717, 1.165) is 43.0 Å². The molecule has 1 aliphatic rings. The number of carbonyl (C=O) groups excluding carboxylic acids is 1. The van der Waals surface area contributed by atoms with E-state index in [4.69, 9.17) is 9.47 Å². The molecule has 0 saturated carbocycles. The second-order valence-corrected chi connectivity index (χ2v) is 8.34. The summed E-state index contributed by atoms with van der Waals surface area (Å²) in [4.78, 5) is 13.7. The van der Waals surface area contributed by atoms with Crippen molar-refractivity contribution in [2.24, 2.45) is 0 Å². The van der Waals surface area contributed by atoms with Crippen molar-refractivity contribution in [3.8, 4) is 11.5 Å². The number of nitrogens with zero attached hydrogens (tertiary/aromatic N) is 1. The molecular formula is C27H28LiNO4. The quantitative estimate of drug-likeness (QED) is 0.508. The summed E-state index contributed by atoms with van der Waals surface area (Å²) in [6.45, 7) is 2.49. The minimum atomic E-state index is -1.14. The van der Waals surface area contributed by atoms with Crippen molar-refractivity contribution in [3.05, 3.63) is 95.1 Å². The van der Waals surface area contributed by atoms with Crippen LogP contribution in [0.25, 0.3) is 0 Å². The molecule has 0 N–H and O–H groups in total. The van der Waals surface area contributed by atoms with Gasteiger partial charge in [-0.1, -0.05) is 42.5 Å². The molecule has 1 saturated heterocycles. The van der Waals surface area contributed by atoms with Gasteiger partial charge < -0.3 is 19.4 Å². The number of rotatable bonds is 7. The van der Waals surface area contributed by atoms with Crippen LogP contribution in [-0.4, -0.2) is 38.2 Å². The van der Waals surface area contributed by atoms with Crippen LogP contribution in [0.15, 0.2) is 72.8 Å². The summed E-state index contributed by atoms with van der Waals surface area (Å²) < 4.78 is 10.8. The average Bonchev–Trinajstić information content (AvgIpc) is 2.84. The zero-order valence-electron chi connectivity index (χ0n) is 19.5. The van der Waals surface area contributed by atoms with E-state index < -0.39 is 5.97 Å². The van der Waals surface area contributed by atoms with E-state index in [1.807, 2.05) is 30.3 Å². The van der Waals surface area contributed by atoms with E-state index in [0.29, 0.717) is 6.54 Å². The Bertz CT molecular complexity index is 1020. The summed E-state index contributed by atoms with van der Waals surface area (Å²) in [5, 5.41) is 11.3. The normalized spacial score (nSPS) is 15.3. The summed E-state index contributed by atoms with van der Waals surface area (Å²) >= 11 is 0. The molecule has 6 heteroatoms. The van der Waals surface area contributed by atoms with Crippen molar-refractivity contribution in [3.63, 3.8) is 0 Å². The van der Waals surface area contributed by atoms with Gasteiger partial charge in [0.25, 0.3) is 0 Å². The second-order valence-electron chi connectivity index (χ2n) is 8.34. The molecule has 0 amide bonds. The van der Waals surface area contributed by atoms with Crippen LogP contribution in [0.1, 0.15) is 39.9 Å². The van der Waals surface area contributed by atoms with Crippen molar-refractivity contribution < 1.29 is 38.2 Å². The number of hydrogen-bond donors (Lipinski definition) is 0. The Morgan fingerprint density at radius 1 is 0.939 bits per heavy atom. The molecule has 166 valence electrons. The molecule has 1 heterocycles. The van der Waals surface area contributed by atoms with Gasteiger partial charge in [0.15, 0.2) is 0 Å². The van der Waals surface area contributed by atoms with Crippen LogP contribution in [0.3, 0.4) is 0 Å². The Morgan fingerprint density at radius 2 is 1.52 bits per heavy atom. The van der Waals surface area contributed by atoms with Gasteiger partial charge in [0.2, 0.25) is 0 Å². The van der Waals surface area contributed by atoms with Gasteiger partial charge in [-0.3, -0.25) is 4.90 Å². The fourth-order valence-corrected chi connectivity index (χ4v) is 4.79. The number of piperidine rings is 1. The number of hydrogen-bond acceptors (Lipinski definition) is 5. The van der Waals surface area contributed by atoms with Gasteiger partial charge >= 0.3 is 18.9 Å². The fourth-order valence-electron chi connectivity index (χ4n) is 4.79. The summed E-state index contributed by atoms with van der Waals surface area (Å²) in [5.74, 6) is 0.534. The monoisotopic (exact) mass is 437 g/mol. The smallest absolute Gasteiger partial charge is 0.545 e. The van der Waals surface area contributed by atoms with Crippen LogP contribution in [0.2, 0.25) is 0 Å². The van der Waals surface area contributed by atoms with Gasteiger partial charge in [0, 0.05) is 18.5 Å². The zero-order valence-corrected chi connectivity index (χ0v) is 19.5. The third-order valence-corrected chi connectivity index (χ3v) is 6.43. The van der Waals surface area contributed by atoms with Crippen LogP contribution in [-0.2, 0) is 12.0 Å². The molecule has 3 aromatic carbocycles. The maximum Gasteiger partial charge on any atom is 1.00 e. The molecule has 4 rings (SSSR count). The number of ether oxygens (including phenoxy) is 2. The molecule has 0 atom stereocenters. The number of carbonyl (C=O) groups is 1. The van der Waals surface area contributed by atoms with E-state index in [9.17, 15) is 9.90 Å². The Hall–Kier alpha value is -2.71. The van der Waals surface area contributed by atoms with Crippen LogP contribution < -0.4 is 33.4 Å². The van der Waals surface area contributed by atoms with Crippen molar-refractivity contribution in [1.82, 2.24) is 4.90 Å². The average molecular weight is 437 g/mol. The zero-order chi connectivity index (χ0) is 22.6. The van der Waals surface area contributed by atoms with Gasteiger partial charge in [-0.15, -0.1) is 0 Å². The van der Waals surface area contributed by atoms with Crippen molar-refractivity contribution in [2.75, 3.05) is 27.3 Å². The maximum atomic E-state index is 11.3. The van der Waals surface area contributed by atoms with Crippen LogP contribution in [0.4, 0.5) is 0 Å². The van der Waals surface area contributed by atoms with E-state index in [1.165, 1.54) is 11.1 Å². The maximum absolute atomic E-state index is 11.3. The minimum absolute atomic E-state index is 0. The number of aromatic carboxylic acids is 1. The van der Waals surface area contributed by atoms with Crippen molar-refractivity contribution >= 4 is 5.97 Å². The molecule has 0 radical (unpaired) electrons. The molecule has 5 nitrogen and oxygen atoms in total. The first-order valence-electron chi connectivity index (χ1n) is 10.9. The van der Waals surface area contributed by atoms with Gasteiger partial charge in [0.1, 0.15) is 11.5 Å². The summed E-state index contributed by atoms with van der Waals surface area (Å²) in [6.07, 6.45) is 2.07. The van der Waals surface area contributed by atoms with Crippen LogP contribution in [0.5, 0.6) is 11.5 Å². The molecule has 0 aliphatic carbocycles. The van der Waals surface area contributed by atoms with E-state index >= 15 is 0 Å². The first-order chi connectivity index (χ1) is 15.5. The minimum Gasteiger partial charge on any atom is -0.545 e. The molecule has 1 fully saturated rings. The summed E-state index contributed by atoms with van der Waals surface area (Å²) in [5.41, 5.74) is 3.51. The third kappa shape index (κ3) is 5.44. The summed E-state index contributed by atoms with van der Waals surface area (Å²) in [6, 6.07) is 23.7. The largest absolute Gasteiger partial charge is 1.00 e. The molecule has 0 unspecified atom stereocenters. The van der Waals surface area contributed by atoms with Gasteiger partial charge in [-0.2, -0.15) is 0 Å². The van der Waals surface area contributed by atoms with E-state index in [2.05, 4.69) is 29.2 Å². The Morgan fingerprint density at radius 3 is 2.03 bits per heavy atom. The number of benzene rings is 3. The molecule has 33 heavy (non-hydrogen) atoms. The Balaban J connectivity index is 0.00000306. The number of likely N-dealkylation sites (tertiary alicyclic amines) is 1. The third-order valence-electron chi connectivity index (χ3n) is 6.43. The van der Waals surface area contributed by atoms with Crippen molar-refractivity contribution in [2.45, 2.75) is 24.8 Å². The van der Waals surface area contributed by atoms with Gasteiger partial charge in [-0.25, -0.2) is 0 Å². The summed E-state index contributed by atoms with van der Waals surface area (Å²) in [7, 11) is 3.36. The molecule has 0 spiro atoms. The first-order valence-corrected chi connectivity index (χ1v) is 10.9. The number of carboxylic acid groups (broad SMARTS) is 1. The molecular weight excluding hydrogens is 409 g/mol. The number of carboxylic acids is 1. The topological polar surface area (TPSA) is 61.8 Å². The SMILES string of the molecule is COc1ccc(C2(c3ccc(OC)cc3)CCCN(Cc3cccc(C(=O)[O-])c3)C2)cc1.[Li+]. The molecule has 1 aliphatic heterocycles. The van der Waals surface area contributed by atoms with Gasteiger partial charge in [0.05, 0.1) is 20.2 Å². The van der Waals surface area contributed by atoms with Crippen LogP contribution >= 0.6 is 0 Å². The predicted molar refractivity (Wildman–Crippen MR) is 122 cm³/mol. The number of methoxy groups -OCH3 is 2. The molecule has 0 aromatic heterocycles. The molecule has 3 aromatic rings. The Kier molecular flexibility index (Phi) is 8.26. The van der Waals surface area contributed by atoms with E-state index in [-0.39, 0.29) is 29.8 Å². The van der Waals surface area contributed by atoms with Crippen LogP contribution in [0, 0.1) is 0 Å². The first kappa shape index (κ1) is 24.9.